The third-order valence-corrected chi connectivity index (χ3v) is 3.36. The second-order valence-corrected chi connectivity index (χ2v) is 5.61. The van der Waals surface area contributed by atoms with Crippen LogP contribution in [0.1, 0.15) is 25.2 Å². The lowest BCUT2D eigenvalue weighted by Crippen LogP contribution is -2.19. The molecular formula is C15H19ClFNO2. The summed E-state index contributed by atoms with van der Waals surface area (Å²) in [4.78, 5) is 0. The number of benzene rings is 1. The number of fused-ring (bicyclic) bond motifs is 1. The molecule has 110 valence electrons. The zero-order chi connectivity index (χ0) is 14.7. The molecule has 0 amide bonds. The monoisotopic (exact) mass is 299 g/mol. The summed E-state index contributed by atoms with van der Waals surface area (Å²) in [7, 11) is 1.61. The van der Waals surface area contributed by atoms with Crippen molar-refractivity contribution < 1.29 is 13.5 Å². The average Bonchev–Trinajstić information content (AvgIpc) is 2.73. The standard InChI is InChI=1S/C15H19ClFNO2/c1-9(2)6-18-7-13-11(8-19-3)10-4-5-12(16)14(17)15(10)20-13/h4-5,9,18H,6-8H2,1-3H3. The minimum absolute atomic E-state index is 0.0666. The van der Waals surface area contributed by atoms with Crippen molar-refractivity contribution in [1.29, 1.82) is 0 Å². The lowest BCUT2D eigenvalue weighted by atomic mass is 10.1. The molecule has 1 aromatic heterocycles. The van der Waals surface area contributed by atoms with Gasteiger partial charge < -0.3 is 14.5 Å². The Labute approximate surface area is 123 Å². The average molecular weight is 300 g/mol. The van der Waals surface area contributed by atoms with Gasteiger partial charge in [-0.15, -0.1) is 0 Å². The maximum absolute atomic E-state index is 14.0. The van der Waals surface area contributed by atoms with Crippen molar-refractivity contribution in [3.05, 3.63) is 34.3 Å². The van der Waals surface area contributed by atoms with Gasteiger partial charge in [0.25, 0.3) is 0 Å². The minimum Gasteiger partial charge on any atom is -0.456 e. The van der Waals surface area contributed by atoms with Gasteiger partial charge in [0, 0.05) is 18.1 Å². The zero-order valence-corrected chi connectivity index (χ0v) is 12.7. The summed E-state index contributed by atoms with van der Waals surface area (Å²) in [5, 5.41) is 4.07. The molecule has 0 bridgehead atoms. The van der Waals surface area contributed by atoms with Crippen LogP contribution in [0.15, 0.2) is 16.5 Å². The van der Waals surface area contributed by atoms with Crippen LogP contribution in [0.25, 0.3) is 11.0 Å². The fourth-order valence-electron chi connectivity index (χ4n) is 2.12. The summed E-state index contributed by atoms with van der Waals surface area (Å²) in [6.45, 7) is 6.05. The molecule has 0 aliphatic rings. The molecule has 0 aliphatic carbocycles. The van der Waals surface area contributed by atoms with E-state index in [9.17, 15) is 4.39 Å². The van der Waals surface area contributed by atoms with Crippen LogP contribution in [0.3, 0.4) is 0 Å². The number of nitrogens with one attached hydrogen (secondary N) is 1. The van der Waals surface area contributed by atoms with Crippen LogP contribution in [-0.2, 0) is 17.9 Å². The second-order valence-electron chi connectivity index (χ2n) is 5.20. The van der Waals surface area contributed by atoms with Gasteiger partial charge in [0.15, 0.2) is 11.4 Å². The van der Waals surface area contributed by atoms with E-state index < -0.39 is 5.82 Å². The molecule has 1 N–H and O–H groups in total. The fraction of sp³-hybridized carbons (Fsp3) is 0.467. The van der Waals surface area contributed by atoms with Crippen molar-refractivity contribution in [3.63, 3.8) is 0 Å². The largest absolute Gasteiger partial charge is 0.456 e. The van der Waals surface area contributed by atoms with Gasteiger partial charge in [-0.2, -0.15) is 0 Å². The predicted octanol–water partition coefficient (Wildman–Crippen LogP) is 4.12. The Kier molecular flexibility index (Phi) is 5.02. The van der Waals surface area contributed by atoms with E-state index >= 15 is 0 Å². The van der Waals surface area contributed by atoms with Crippen LogP contribution in [0.2, 0.25) is 5.02 Å². The van der Waals surface area contributed by atoms with E-state index in [0.29, 0.717) is 24.8 Å². The number of halogens is 2. The molecule has 2 rings (SSSR count). The molecule has 0 atom stereocenters. The summed E-state index contributed by atoms with van der Waals surface area (Å²) in [5.74, 6) is 0.719. The topological polar surface area (TPSA) is 34.4 Å². The van der Waals surface area contributed by atoms with Gasteiger partial charge >= 0.3 is 0 Å². The van der Waals surface area contributed by atoms with E-state index in [1.165, 1.54) is 0 Å². The molecule has 0 unspecified atom stereocenters. The molecule has 1 aromatic carbocycles. The van der Waals surface area contributed by atoms with Crippen LogP contribution < -0.4 is 5.32 Å². The number of furan rings is 1. The van der Waals surface area contributed by atoms with Gasteiger partial charge in [0.2, 0.25) is 0 Å². The van der Waals surface area contributed by atoms with Crippen molar-refractivity contribution in [3.8, 4) is 0 Å². The molecule has 3 nitrogen and oxygen atoms in total. The lowest BCUT2D eigenvalue weighted by Gasteiger charge is -2.07. The predicted molar refractivity (Wildman–Crippen MR) is 78.4 cm³/mol. The quantitative estimate of drug-likeness (QED) is 0.871. The first-order valence-corrected chi connectivity index (χ1v) is 7.00. The highest BCUT2D eigenvalue weighted by Gasteiger charge is 2.18. The molecule has 0 saturated heterocycles. The molecule has 0 radical (unpaired) electrons. The smallest absolute Gasteiger partial charge is 0.184 e. The summed E-state index contributed by atoms with van der Waals surface area (Å²) < 4.78 is 24.8. The van der Waals surface area contributed by atoms with Gasteiger partial charge in [-0.1, -0.05) is 25.4 Å². The number of rotatable bonds is 6. The van der Waals surface area contributed by atoms with E-state index in [1.54, 1.807) is 19.2 Å². The third-order valence-electron chi connectivity index (χ3n) is 3.06. The first kappa shape index (κ1) is 15.3. The van der Waals surface area contributed by atoms with Crippen molar-refractivity contribution in [2.75, 3.05) is 13.7 Å². The number of hydrogen-bond donors (Lipinski definition) is 1. The van der Waals surface area contributed by atoms with Crippen molar-refractivity contribution >= 4 is 22.6 Å². The Morgan fingerprint density at radius 1 is 1.40 bits per heavy atom. The Morgan fingerprint density at radius 3 is 2.80 bits per heavy atom. The summed E-state index contributed by atoms with van der Waals surface area (Å²) in [6, 6.07) is 3.31. The minimum atomic E-state index is -0.517. The number of methoxy groups -OCH3 is 1. The Morgan fingerprint density at radius 2 is 2.15 bits per heavy atom. The van der Waals surface area contributed by atoms with Gasteiger partial charge in [-0.3, -0.25) is 0 Å². The Hall–Kier alpha value is -1.10. The summed E-state index contributed by atoms with van der Waals surface area (Å²) >= 11 is 5.79. The summed E-state index contributed by atoms with van der Waals surface area (Å²) in [6.07, 6.45) is 0. The van der Waals surface area contributed by atoms with Gasteiger partial charge in [-0.05, 0) is 24.6 Å². The van der Waals surface area contributed by atoms with E-state index in [1.807, 2.05) is 0 Å². The number of ether oxygens (including phenoxy) is 1. The van der Waals surface area contributed by atoms with E-state index in [2.05, 4.69) is 19.2 Å². The van der Waals surface area contributed by atoms with Gasteiger partial charge in [-0.25, -0.2) is 4.39 Å². The maximum atomic E-state index is 14.0. The molecule has 0 fully saturated rings. The summed E-state index contributed by atoms with van der Waals surface area (Å²) in [5.41, 5.74) is 1.07. The zero-order valence-electron chi connectivity index (χ0n) is 11.9. The Bertz CT molecular complexity index is 595. The molecule has 20 heavy (non-hydrogen) atoms. The molecule has 2 aromatic rings. The van der Waals surface area contributed by atoms with Crippen LogP contribution in [0.4, 0.5) is 4.39 Å². The first-order valence-electron chi connectivity index (χ1n) is 6.62. The van der Waals surface area contributed by atoms with Gasteiger partial charge in [0.1, 0.15) is 5.76 Å². The normalized spacial score (nSPS) is 11.7. The molecule has 5 heteroatoms. The molecule has 1 heterocycles. The first-order chi connectivity index (χ1) is 9.54. The highest BCUT2D eigenvalue weighted by Crippen LogP contribution is 2.32. The maximum Gasteiger partial charge on any atom is 0.184 e. The SMILES string of the molecule is COCc1c(CNCC(C)C)oc2c(F)c(Cl)ccc12. The molecular weight excluding hydrogens is 281 g/mol. The highest BCUT2D eigenvalue weighted by atomic mass is 35.5. The van der Waals surface area contributed by atoms with E-state index in [0.717, 1.165) is 17.5 Å². The number of hydrogen-bond acceptors (Lipinski definition) is 3. The van der Waals surface area contributed by atoms with E-state index in [-0.39, 0.29) is 10.6 Å². The third kappa shape index (κ3) is 3.14. The van der Waals surface area contributed by atoms with Crippen LogP contribution >= 0.6 is 11.6 Å². The molecule has 0 spiro atoms. The highest BCUT2D eigenvalue weighted by molar-refractivity contribution is 6.31. The molecule has 0 aliphatic heterocycles. The molecule has 0 saturated carbocycles. The van der Waals surface area contributed by atoms with Crippen LogP contribution in [0.5, 0.6) is 0 Å². The van der Waals surface area contributed by atoms with Gasteiger partial charge in [0.05, 0.1) is 18.2 Å². The lowest BCUT2D eigenvalue weighted by molar-refractivity contribution is 0.183. The van der Waals surface area contributed by atoms with Crippen molar-refractivity contribution in [2.45, 2.75) is 27.0 Å². The van der Waals surface area contributed by atoms with Crippen LogP contribution in [-0.4, -0.2) is 13.7 Å². The fourth-order valence-corrected chi connectivity index (χ4v) is 2.27. The Balaban J connectivity index is 2.37. The van der Waals surface area contributed by atoms with Crippen LogP contribution in [0, 0.1) is 11.7 Å². The van der Waals surface area contributed by atoms with Crippen molar-refractivity contribution in [1.82, 2.24) is 5.32 Å². The van der Waals surface area contributed by atoms with Crippen molar-refractivity contribution in [2.24, 2.45) is 5.92 Å². The van der Waals surface area contributed by atoms with E-state index in [4.69, 9.17) is 20.8 Å². The second kappa shape index (κ2) is 6.57.